The van der Waals surface area contributed by atoms with Crippen LogP contribution in [0.3, 0.4) is 0 Å². The molecule has 0 spiro atoms. The fourth-order valence-electron chi connectivity index (χ4n) is 1.16. The quantitative estimate of drug-likeness (QED) is 0.393. The Kier molecular flexibility index (Phi) is 3.97. The average Bonchev–Trinajstić information content (AvgIpc) is 2.04. The Morgan fingerprint density at radius 3 is 2.62 bits per heavy atom. The number of halogens is 1. The summed E-state index contributed by atoms with van der Waals surface area (Å²) in [5.74, 6) is 0. The van der Waals surface area contributed by atoms with Gasteiger partial charge in [-0.2, -0.15) is 0 Å². The van der Waals surface area contributed by atoms with E-state index in [1.165, 1.54) is 15.6 Å². The summed E-state index contributed by atoms with van der Waals surface area (Å²) in [6.07, 6.45) is 6.70. The third-order valence-electron chi connectivity index (χ3n) is 1.78. The van der Waals surface area contributed by atoms with Gasteiger partial charge in [-0.3, -0.25) is 0 Å². The normalized spacial score (nSPS) is 18.5. The van der Waals surface area contributed by atoms with Crippen LogP contribution in [0.2, 0.25) is 0 Å². The molecule has 72 valence electrons. The molecule has 0 fully saturated rings. The van der Waals surface area contributed by atoms with E-state index in [4.69, 9.17) is 0 Å². The van der Waals surface area contributed by atoms with E-state index in [9.17, 15) is 0 Å². The molecule has 0 aliphatic carbocycles. The van der Waals surface area contributed by atoms with E-state index in [1.54, 1.807) is 3.58 Å². The van der Waals surface area contributed by atoms with E-state index in [0.29, 0.717) is 0 Å². The van der Waals surface area contributed by atoms with Gasteiger partial charge in [0.2, 0.25) is 0 Å². The van der Waals surface area contributed by atoms with Crippen molar-refractivity contribution in [3.8, 4) is 0 Å². The van der Waals surface area contributed by atoms with E-state index in [0.717, 1.165) is 5.57 Å². The molecule has 0 atom stereocenters. The van der Waals surface area contributed by atoms with Gasteiger partial charge in [0.05, 0.1) is 0 Å². The first-order chi connectivity index (χ1) is 6.09. The predicted octanol–water partition coefficient (Wildman–Crippen LogP) is 0.442. The first-order valence-corrected chi connectivity index (χ1v) is 7.01. The molecule has 0 aromatic rings. The maximum atomic E-state index is 3.90. The van der Waals surface area contributed by atoms with Crippen LogP contribution in [0, 0.1) is 0 Å². The van der Waals surface area contributed by atoms with Gasteiger partial charge in [0.1, 0.15) is 0 Å². The topological polar surface area (TPSA) is 0 Å². The van der Waals surface area contributed by atoms with Crippen LogP contribution in [0.5, 0.6) is 0 Å². The van der Waals surface area contributed by atoms with Crippen molar-refractivity contribution < 1.29 is 21.2 Å². The van der Waals surface area contributed by atoms with Crippen molar-refractivity contribution in [3.63, 3.8) is 0 Å². The molecule has 0 bridgehead atoms. The molecule has 0 saturated carbocycles. The number of allylic oxidation sites excluding steroid dienone is 7. The second-order valence-corrected chi connectivity index (χ2v) is 6.16. The van der Waals surface area contributed by atoms with Crippen molar-refractivity contribution in [1.82, 2.24) is 0 Å². The summed E-state index contributed by atoms with van der Waals surface area (Å²) >= 11 is 0.220. The van der Waals surface area contributed by atoms with Crippen LogP contribution < -0.4 is 21.2 Å². The number of hydrogen-bond acceptors (Lipinski definition) is 0. The van der Waals surface area contributed by atoms with Gasteiger partial charge in [-0.05, 0) is 0 Å². The third-order valence-corrected chi connectivity index (χ3v) is 5.39. The van der Waals surface area contributed by atoms with Crippen LogP contribution in [-0.4, -0.2) is 4.43 Å². The van der Waals surface area contributed by atoms with E-state index in [1.807, 2.05) is 6.92 Å². The molecule has 1 rings (SSSR count). The van der Waals surface area contributed by atoms with Crippen molar-refractivity contribution in [2.75, 3.05) is 4.43 Å². The summed E-state index contributed by atoms with van der Waals surface area (Å²) in [5, 5.41) is 0. The van der Waals surface area contributed by atoms with Gasteiger partial charge in [-0.1, -0.05) is 0 Å². The summed E-state index contributed by atoms with van der Waals surface area (Å²) in [6, 6.07) is 0. The summed E-state index contributed by atoms with van der Waals surface area (Å²) in [6.45, 7) is 10.3. The zero-order valence-electron chi connectivity index (χ0n) is 8.52. The predicted molar refractivity (Wildman–Crippen MR) is 55.3 cm³/mol. The van der Waals surface area contributed by atoms with Gasteiger partial charge in [0.25, 0.3) is 0 Å². The number of hydrogen-bond donors (Lipinski definition) is 0. The molecule has 0 saturated heterocycles. The Morgan fingerprint density at radius 1 is 1.46 bits per heavy atom. The van der Waals surface area contributed by atoms with Crippen LogP contribution >= 0.6 is 0 Å². The number of alkyl halides is 1. The molecule has 1 heteroatoms. The summed E-state index contributed by atoms with van der Waals surface area (Å²) < 4.78 is 2.87. The monoisotopic (exact) mass is 287 g/mol. The summed E-state index contributed by atoms with van der Waals surface area (Å²) in [5.41, 5.74) is 4.08. The second-order valence-electron chi connectivity index (χ2n) is 3.47. The Bertz CT molecular complexity index is 303. The molecule has 0 N–H and O–H groups in total. The molecule has 0 amide bonds. The Labute approximate surface area is 91.4 Å². The van der Waals surface area contributed by atoms with Crippen molar-refractivity contribution in [1.29, 1.82) is 0 Å². The molecule has 0 aromatic carbocycles. The molecule has 0 radical (unpaired) electrons. The molecule has 0 nitrogen and oxygen atoms in total. The fraction of sp³-hybridized carbons (Fsp3) is 0.333. The summed E-state index contributed by atoms with van der Waals surface area (Å²) in [4.78, 5) is 0. The van der Waals surface area contributed by atoms with Gasteiger partial charge >= 0.3 is 91.5 Å². The van der Waals surface area contributed by atoms with Gasteiger partial charge in [0.15, 0.2) is 0 Å². The van der Waals surface area contributed by atoms with Gasteiger partial charge < -0.3 is 0 Å². The van der Waals surface area contributed by atoms with Gasteiger partial charge in [-0.25, -0.2) is 0 Å². The molecular weight excluding hydrogens is 271 g/mol. The van der Waals surface area contributed by atoms with Crippen molar-refractivity contribution >= 4 is 0 Å². The van der Waals surface area contributed by atoms with Crippen LogP contribution in [0.25, 0.3) is 0 Å². The molecular formula is C12H16I-. The standard InChI is InChI=1S/C12H16I/c1-9(2)7-11(4)12-6-5-10(3)8-13-12/h5-7H,1,8H2,2-4H3/q-1/b11-7+. The first kappa shape index (κ1) is 10.8. The van der Waals surface area contributed by atoms with Crippen molar-refractivity contribution in [2.45, 2.75) is 20.8 Å². The Hall–Kier alpha value is -0.310. The molecule has 1 aliphatic heterocycles. The third kappa shape index (κ3) is 3.51. The van der Waals surface area contributed by atoms with Gasteiger partial charge in [-0.15, -0.1) is 0 Å². The van der Waals surface area contributed by atoms with E-state index in [-0.39, 0.29) is 21.2 Å². The van der Waals surface area contributed by atoms with Crippen LogP contribution in [0.4, 0.5) is 0 Å². The zero-order chi connectivity index (χ0) is 9.84. The molecule has 1 heterocycles. The molecule has 1 aliphatic rings. The molecule has 0 unspecified atom stereocenters. The Balaban J connectivity index is 2.79. The van der Waals surface area contributed by atoms with Crippen molar-refractivity contribution in [3.05, 3.63) is 45.1 Å². The molecule has 13 heavy (non-hydrogen) atoms. The van der Waals surface area contributed by atoms with Crippen LogP contribution in [0.1, 0.15) is 20.8 Å². The SMILES string of the molecule is C=C(C)/C=C(\C)C1=CC=C(C)C[I-]1. The van der Waals surface area contributed by atoms with Crippen molar-refractivity contribution in [2.24, 2.45) is 0 Å². The van der Waals surface area contributed by atoms with E-state index < -0.39 is 0 Å². The summed E-state index contributed by atoms with van der Waals surface area (Å²) in [7, 11) is 0. The van der Waals surface area contributed by atoms with Crippen LogP contribution in [0.15, 0.2) is 45.1 Å². The zero-order valence-corrected chi connectivity index (χ0v) is 10.7. The maximum absolute atomic E-state index is 3.90. The van der Waals surface area contributed by atoms with Gasteiger partial charge in [0, 0.05) is 0 Å². The van der Waals surface area contributed by atoms with E-state index in [2.05, 4.69) is 38.7 Å². The van der Waals surface area contributed by atoms with E-state index >= 15 is 0 Å². The molecule has 0 aromatic heterocycles. The average molecular weight is 287 g/mol. The minimum atomic E-state index is 0.220. The van der Waals surface area contributed by atoms with Crippen LogP contribution in [-0.2, 0) is 0 Å². The second kappa shape index (κ2) is 4.80. The number of rotatable bonds is 2. The Morgan fingerprint density at radius 2 is 2.15 bits per heavy atom. The fourth-order valence-corrected chi connectivity index (χ4v) is 3.62. The minimum absolute atomic E-state index is 0.220. The first-order valence-electron chi connectivity index (χ1n) is 4.40.